The van der Waals surface area contributed by atoms with Crippen LogP contribution < -0.4 is 5.32 Å². The third kappa shape index (κ3) is 4.40. The van der Waals surface area contributed by atoms with Crippen LogP contribution in [0.3, 0.4) is 0 Å². The Hall–Kier alpha value is -1.26. The number of likely N-dealkylation sites (tertiary alicyclic amines) is 1. The molecule has 0 radical (unpaired) electrons. The summed E-state index contributed by atoms with van der Waals surface area (Å²) in [6, 6.07) is -0.941. The van der Waals surface area contributed by atoms with Gasteiger partial charge in [0.1, 0.15) is 6.04 Å². The molecule has 2 atom stereocenters. The highest BCUT2D eigenvalue weighted by molar-refractivity contribution is 5.82. The van der Waals surface area contributed by atoms with Gasteiger partial charge in [0.15, 0.2) is 0 Å². The first-order valence-electron chi connectivity index (χ1n) is 7.03. The van der Waals surface area contributed by atoms with Crippen molar-refractivity contribution in [2.75, 3.05) is 6.54 Å². The average molecular weight is 270 g/mol. The molecule has 5 nitrogen and oxygen atoms in total. The maximum absolute atomic E-state index is 12.3. The van der Waals surface area contributed by atoms with Crippen LogP contribution in [0.5, 0.6) is 0 Å². The quantitative estimate of drug-likeness (QED) is 0.809. The molecule has 0 saturated carbocycles. The Morgan fingerprint density at radius 2 is 1.89 bits per heavy atom. The van der Waals surface area contributed by atoms with Crippen molar-refractivity contribution >= 4 is 12.0 Å². The first-order valence-corrected chi connectivity index (χ1v) is 7.03. The highest BCUT2D eigenvalue weighted by Crippen LogP contribution is 2.21. The molecule has 0 aromatic rings. The first kappa shape index (κ1) is 15.8. The van der Waals surface area contributed by atoms with E-state index in [4.69, 9.17) is 0 Å². The van der Waals surface area contributed by atoms with Gasteiger partial charge in [-0.3, -0.25) is 0 Å². The summed E-state index contributed by atoms with van der Waals surface area (Å²) in [5.41, 5.74) is -0.0414. The Balaban J connectivity index is 2.74. The van der Waals surface area contributed by atoms with Gasteiger partial charge in [-0.05, 0) is 25.2 Å². The minimum Gasteiger partial charge on any atom is -0.480 e. The summed E-state index contributed by atoms with van der Waals surface area (Å²) in [6.07, 6.45) is 3.28. The summed E-state index contributed by atoms with van der Waals surface area (Å²) in [7, 11) is 0. The van der Waals surface area contributed by atoms with E-state index < -0.39 is 12.0 Å². The van der Waals surface area contributed by atoms with Crippen molar-refractivity contribution in [1.82, 2.24) is 10.2 Å². The molecule has 5 heteroatoms. The van der Waals surface area contributed by atoms with Gasteiger partial charge in [0.05, 0.1) is 0 Å². The fourth-order valence-corrected chi connectivity index (χ4v) is 2.09. The number of carbonyl (C=O) groups is 2. The van der Waals surface area contributed by atoms with Crippen molar-refractivity contribution in [3.8, 4) is 0 Å². The average Bonchev–Trinajstić information content (AvgIpc) is 2.52. The number of nitrogens with one attached hydrogen (secondary N) is 1. The normalized spacial score (nSPS) is 22.5. The van der Waals surface area contributed by atoms with E-state index in [0.717, 1.165) is 19.3 Å². The van der Waals surface area contributed by atoms with E-state index in [1.54, 1.807) is 0 Å². The van der Waals surface area contributed by atoms with E-state index in [1.807, 2.05) is 6.92 Å². The third-order valence-electron chi connectivity index (χ3n) is 3.94. The third-order valence-corrected chi connectivity index (χ3v) is 3.94. The minimum atomic E-state index is -0.902. The van der Waals surface area contributed by atoms with Gasteiger partial charge < -0.3 is 15.3 Å². The molecule has 1 fully saturated rings. The molecule has 19 heavy (non-hydrogen) atoms. The topological polar surface area (TPSA) is 69.6 Å². The predicted octanol–water partition coefficient (Wildman–Crippen LogP) is 2.46. The lowest BCUT2D eigenvalue weighted by Crippen LogP contribution is -2.53. The van der Waals surface area contributed by atoms with Gasteiger partial charge >= 0.3 is 12.0 Å². The second kappa shape index (κ2) is 6.26. The second-order valence-electron chi connectivity index (χ2n) is 6.43. The molecule has 2 amide bonds. The molecule has 0 spiro atoms. The Kier molecular flexibility index (Phi) is 5.20. The van der Waals surface area contributed by atoms with Gasteiger partial charge in [-0.1, -0.05) is 33.6 Å². The van der Waals surface area contributed by atoms with Crippen molar-refractivity contribution in [2.45, 2.75) is 65.5 Å². The predicted molar refractivity (Wildman–Crippen MR) is 74.0 cm³/mol. The van der Waals surface area contributed by atoms with Gasteiger partial charge in [0, 0.05) is 12.6 Å². The maximum Gasteiger partial charge on any atom is 0.326 e. The largest absolute Gasteiger partial charge is 0.480 e. The van der Waals surface area contributed by atoms with Gasteiger partial charge in [-0.2, -0.15) is 0 Å². The van der Waals surface area contributed by atoms with Gasteiger partial charge in [-0.15, -0.1) is 0 Å². The summed E-state index contributed by atoms with van der Waals surface area (Å²) >= 11 is 0. The molecule has 110 valence electrons. The lowest BCUT2D eigenvalue weighted by atomic mass is 9.88. The Labute approximate surface area is 115 Å². The van der Waals surface area contributed by atoms with E-state index in [1.165, 1.54) is 4.90 Å². The molecule has 1 aliphatic rings. The molecule has 1 rings (SSSR count). The van der Waals surface area contributed by atoms with Crippen LogP contribution >= 0.6 is 0 Å². The number of amides is 2. The number of rotatable bonds is 2. The molecular weight excluding hydrogens is 244 g/mol. The summed E-state index contributed by atoms with van der Waals surface area (Å²) in [4.78, 5) is 25.0. The zero-order valence-electron chi connectivity index (χ0n) is 12.4. The van der Waals surface area contributed by atoms with Crippen LogP contribution in [0.2, 0.25) is 0 Å². The molecule has 0 aromatic carbocycles. The number of carbonyl (C=O) groups excluding carboxylic acids is 1. The number of nitrogens with zero attached hydrogens (tertiary/aromatic N) is 1. The summed E-state index contributed by atoms with van der Waals surface area (Å²) < 4.78 is 0. The smallest absolute Gasteiger partial charge is 0.326 e. The van der Waals surface area contributed by atoms with E-state index in [2.05, 4.69) is 26.1 Å². The number of carboxylic acids is 1. The molecule has 0 aliphatic carbocycles. The number of aliphatic carboxylic acids is 1. The Morgan fingerprint density at radius 1 is 1.26 bits per heavy atom. The lowest BCUT2D eigenvalue weighted by Gasteiger charge is -2.33. The van der Waals surface area contributed by atoms with E-state index in [9.17, 15) is 14.7 Å². The van der Waals surface area contributed by atoms with Crippen LogP contribution in [0, 0.1) is 5.41 Å². The number of hydrogen-bond donors (Lipinski definition) is 2. The fraction of sp³-hybridized carbons (Fsp3) is 0.857. The Morgan fingerprint density at radius 3 is 2.42 bits per heavy atom. The molecule has 2 unspecified atom stereocenters. The molecule has 0 aromatic heterocycles. The van der Waals surface area contributed by atoms with Crippen molar-refractivity contribution in [2.24, 2.45) is 5.41 Å². The highest BCUT2D eigenvalue weighted by Gasteiger charge is 2.32. The van der Waals surface area contributed by atoms with E-state index in [-0.39, 0.29) is 17.5 Å². The number of hydrogen-bond acceptors (Lipinski definition) is 2. The van der Waals surface area contributed by atoms with E-state index in [0.29, 0.717) is 13.0 Å². The molecule has 2 N–H and O–H groups in total. The number of urea groups is 1. The van der Waals surface area contributed by atoms with Crippen LogP contribution in [-0.4, -0.2) is 40.6 Å². The maximum atomic E-state index is 12.3. The standard InChI is InChI=1S/C14H26N2O3/c1-10(14(2,3)4)15-13(19)16-9-7-5-6-8-11(16)12(17)18/h10-11H,5-9H2,1-4H3,(H,15,19)(H,17,18). The Bertz CT molecular complexity index is 336. The van der Waals surface area contributed by atoms with Crippen LogP contribution in [0.25, 0.3) is 0 Å². The number of carboxylic acid groups (broad SMARTS) is 1. The van der Waals surface area contributed by atoms with Crippen molar-refractivity contribution in [1.29, 1.82) is 0 Å². The highest BCUT2D eigenvalue weighted by atomic mass is 16.4. The van der Waals surface area contributed by atoms with Crippen LogP contribution in [0.4, 0.5) is 4.79 Å². The molecule has 1 aliphatic heterocycles. The zero-order chi connectivity index (χ0) is 14.6. The minimum absolute atomic E-state index is 0.00213. The SMILES string of the molecule is CC(NC(=O)N1CCCCCC1C(=O)O)C(C)(C)C. The van der Waals surface area contributed by atoms with Crippen molar-refractivity contribution in [3.63, 3.8) is 0 Å². The lowest BCUT2D eigenvalue weighted by molar-refractivity contribution is -0.142. The zero-order valence-corrected chi connectivity index (χ0v) is 12.4. The fourth-order valence-electron chi connectivity index (χ4n) is 2.09. The molecule has 0 bridgehead atoms. The van der Waals surface area contributed by atoms with Crippen LogP contribution in [0.15, 0.2) is 0 Å². The summed E-state index contributed by atoms with van der Waals surface area (Å²) in [6.45, 7) is 8.63. The van der Waals surface area contributed by atoms with Crippen molar-refractivity contribution < 1.29 is 14.7 Å². The first-order chi connectivity index (χ1) is 8.73. The molecule has 1 saturated heterocycles. The van der Waals surface area contributed by atoms with Crippen LogP contribution in [-0.2, 0) is 4.79 Å². The molecular formula is C14H26N2O3. The van der Waals surface area contributed by atoms with Crippen LogP contribution in [0.1, 0.15) is 53.4 Å². The summed E-state index contributed by atoms with van der Waals surface area (Å²) in [5.74, 6) is -0.902. The second-order valence-corrected chi connectivity index (χ2v) is 6.43. The summed E-state index contributed by atoms with van der Waals surface area (Å²) in [5, 5.41) is 12.2. The van der Waals surface area contributed by atoms with Crippen molar-refractivity contribution in [3.05, 3.63) is 0 Å². The van der Waals surface area contributed by atoms with Gasteiger partial charge in [0.2, 0.25) is 0 Å². The van der Waals surface area contributed by atoms with Gasteiger partial charge in [0.25, 0.3) is 0 Å². The molecule has 1 heterocycles. The van der Waals surface area contributed by atoms with E-state index >= 15 is 0 Å². The van der Waals surface area contributed by atoms with Gasteiger partial charge in [-0.25, -0.2) is 9.59 Å². The monoisotopic (exact) mass is 270 g/mol.